The Balaban J connectivity index is 1.87. The van der Waals surface area contributed by atoms with Crippen LogP contribution in [0.1, 0.15) is 40.9 Å². The van der Waals surface area contributed by atoms with E-state index in [0.29, 0.717) is 17.9 Å². The van der Waals surface area contributed by atoms with Gasteiger partial charge in [-0.25, -0.2) is 0 Å². The van der Waals surface area contributed by atoms with E-state index >= 15 is 0 Å². The third kappa shape index (κ3) is 2.59. The molecule has 3 heteroatoms. The molecule has 2 aromatic rings. The Labute approximate surface area is 131 Å². The van der Waals surface area contributed by atoms with E-state index in [1.165, 1.54) is 11.1 Å². The molecule has 1 aliphatic carbocycles. The zero-order valence-corrected chi connectivity index (χ0v) is 13.1. The van der Waals surface area contributed by atoms with Gasteiger partial charge in [-0.3, -0.25) is 4.79 Å². The molecule has 0 heterocycles. The average molecular weight is 295 g/mol. The minimum atomic E-state index is 0.0192. The molecule has 0 spiro atoms. The zero-order valence-electron chi connectivity index (χ0n) is 13.1. The first-order valence-electron chi connectivity index (χ1n) is 7.79. The average Bonchev–Trinajstić information content (AvgIpc) is 2.98. The number of fused-ring (bicyclic) bond motifs is 1. The third-order valence-corrected chi connectivity index (χ3v) is 4.31. The van der Waals surface area contributed by atoms with E-state index < -0.39 is 0 Å². The van der Waals surface area contributed by atoms with Crippen LogP contribution in [0.15, 0.2) is 48.5 Å². The molecule has 0 fully saturated rings. The molecule has 22 heavy (non-hydrogen) atoms. The number of aryl methyl sites for hydroxylation is 1. The molecule has 114 valence electrons. The molecule has 3 nitrogen and oxygen atoms in total. The summed E-state index contributed by atoms with van der Waals surface area (Å²) in [4.78, 5) is 14.7. The van der Waals surface area contributed by atoms with Crippen LogP contribution in [-0.2, 0) is 6.42 Å². The van der Waals surface area contributed by atoms with Gasteiger partial charge in [0.25, 0.3) is 5.91 Å². The molecule has 3 rings (SSSR count). The summed E-state index contributed by atoms with van der Waals surface area (Å²) in [6.07, 6.45) is 2.02. The summed E-state index contributed by atoms with van der Waals surface area (Å²) in [6, 6.07) is 16.0. The molecule has 0 saturated carbocycles. The van der Waals surface area contributed by atoms with Crippen molar-refractivity contribution in [1.82, 2.24) is 4.90 Å². The Bertz CT molecular complexity index is 681. The van der Waals surface area contributed by atoms with Gasteiger partial charge >= 0.3 is 0 Å². The molecule has 0 N–H and O–H groups in total. The summed E-state index contributed by atoms with van der Waals surface area (Å²) in [5.74, 6) is 0.680. The van der Waals surface area contributed by atoms with Gasteiger partial charge in [0, 0.05) is 7.05 Å². The lowest BCUT2D eigenvalue weighted by molar-refractivity contribution is 0.0726. The summed E-state index contributed by atoms with van der Waals surface area (Å²) in [6.45, 7) is 2.48. The maximum Gasteiger partial charge on any atom is 0.257 e. The molecule has 0 saturated heterocycles. The molecule has 1 atom stereocenters. The number of carbonyl (C=O) groups excluding carboxylic acids is 1. The van der Waals surface area contributed by atoms with Gasteiger partial charge in [-0.1, -0.05) is 36.4 Å². The molecular formula is C19H21NO2. The quantitative estimate of drug-likeness (QED) is 0.857. The predicted octanol–water partition coefficient (Wildman–Crippen LogP) is 3.84. The highest BCUT2D eigenvalue weighted by molar-refractivity contribution is 5.97. The summed E-state index contributed by atoms with van der Waals surface area (Å²) < 4.78 is 5.59. The van der Waals surface area contributed by atoms with Crippen LogP contribution in [0, 0.1) is 0 Å². The first-order valence-corrected chi connectivity index (χ1v) is 7.79. The monoisotopic (exact) mass is 295 g/mol. The Morgan fingerprint density at radius 3 is 2.73 bits per heavy atom. The number of hydrogen-bond donors (Lipinski definition) is 0. The van der Waals surface area contributed by atoms with Crippen molar-refractivity contribution in [2.24, 2.45) is 0 Å². The van der Waals surface area contributed by atoms with Crippen molar-refractivity contribution >= 4 is 5.91 Å². The maximum absolute atomic E-state index is 12.9. The Hall–Kier alpha value is -2.29. The van der Waals surface area contributed by atoms with Gasteiger partial charge < -0.3 is 9.64 Å². The minimum Gasteiger partial charge on any atom is -0.493 e. The molecule has 0 radical (unpaired) electrons. The van der Waals surface area contributed by atoms with Gasteiger partial charge in [0.15, 0.2) is 0 Å². The van der Waals surface area contributed by atoms with Crippen LogP contribution in [0.3, 0.4) is 0 Å². The van der Waals surface area contributed by atoms with Crippen LogP contribution in [0.25, 0.3) is 0 Å². The van der Waals surface area contributed by atoms with Crippen LogP contribution in [-0.4, -0.2) is 24.5 Å². The molecule has 1 amide bonds. The van der Waals surface area contributed by atoms with Crippen LogP contribution in [0.5, 0.6) is 5.75 Å². The SMILES string of the molecule is CCOc1ccccc1C(=O)N(C)C1CCc2ccccc21. The van der Waals surface area contributed by atoms with Crippen molar-refractivity contribution < 1.29 is 9.53 Å². The molecule has 1 aliphatic rings. The van der Waals surface area contributed by atoms with Gasteiger partial charge in [-0.2, -0.15) is 0 Å². The van der Waals surface area contributed by atoms with Gasteiger partial charge in [0.2, 0.25) is 0 Å². The number of amides is 1. The van der Waals surface area contributed by atoms with E-state index in [1.54, 1.807) is 0 Å². The lowest BCUT2D eigenvalue weighted by Crippen LogP contribution is -2.30. The number of carbonyl (C=O) groups is 1. The Kier molecular flexibility index (Phi) is 4.14. The van der Waals surface area contributed by atoms with Crippen molar-refractivity contribution in [3.63, 3.8) is 0 Å². The van der Waals surface area contributed by atoms with E-state index in [-0.39, 0.29) is 11.9 Å². The Morgan fingerprint density at radius 2 is 1.91 bits per heavy atom. The largest absolute Gasteiger partial charge is 0.493 e. The summed E-state index contributed by atoms with van der Waals surface area (Å²) in [5.41, 5.74) is 3.26. The van der Waals surface area contributed by atoms with Gasteiger partial charge in [-0.05, 0) is 43.0 Å². The van der Waals surface area contributed by atoms with Gasteiger partial charge in [0.1, 0.15) is 5.75 Å². The van der Waals surface area contributed by atoms with Crippen molar-refractivity contribution in [2.75, 3.05) is 13.7 Å². The van der Waals surface area contributed by atoms with Crippen LogP contribution >= 0.6 is 0 Å². The van der Waals surface area contributed by atoms with Crippen molar-refractivity contribution in [3.05, 3.63) is 65.2 Å². The van der Waals surface area contributed by atoms with Gasteiger partial charge in [-0.15, -0.1) is 0 Å². The second-order valence-electron chi connectivity index (χ2n) is 5.60. The van der Waals surface area contributed by atoms with Crippen LogP contribution in [0.4, 0.5) is 0 Å². The van der Waals surface area contributed by atoms with Crippen molar-refractivity contribution in [2.45, 2.75) is 25.8 Å². The van der Waals surface area contributed by atoms with E-state index in [1.807, 2.05) is 49.2 Å². The van der Waals surface area contributed by atoms with E-state index in [0.717, 1.165) is 12.8 Å². The molecule has 0 aliphatic heterocycles. The highest BCUT2D eigenvalue weighted by Crippen LogP contribution is 2.36. The molecule has 1 unspecified atom stereocenters. The van der Waals surface area contributed by atoms with E-state index in [9.17, 15) is 4.79 Å². The predicted molar refractivity (Wildman–Crippen MR) is 87.2 cm³/mol. The summed E-state index contributed by atoms with van der Waals surface area (Å²) >= 11 is 0. The van der Waals surface area contributed by atoms with Crippen molar-refractivity contribution in [3.8, 4) is 5.75 Å². The molecule has 0 aromatic heterocycles. The fraction of sp³-hybridized carbons (Fsp3) is 0.316. The topological polar surface area (TPSA) is 29.5 Å². The van der Waals surface area contributed by atoms with Crippen LogP contribution < -0.4 is 4.74 Å². The first-order chi connectivity index (χ1) is 10.7. The lowest BCUT2D eigenvalue weighted by Gasteiger charge is -2.26. The number of nitrogens with zero attached hydrogens (tertiary/aromatic N) is 1. The van der Waals surface area contributed by atoms with E-state index in [2.05, 4.69) is 18.2 Å². The second-order valence-corrected chi connectivity index (χ2v) is 5.60. The summed E-state index contributed by atoms with van der Waals surface area (Å²) in [5, 5.41) is 0. The molecule has 0 bridgehead atoms. The Morgan fingerprint density at radius 1 is 1.18 bits per heavy atom. The van der Waals surface area contributed by atoms with Crippen molar-refractivity contribution in [1.29, 1.82) is 0 Å². The first kappa shape index (κ1) is 14.6. The van der Waals surface area contributed by atoms with Crippen LogP contribution in [0.2, 0.25) is 0 Å². The minimum absolute atomic E-state index is 0.0192. The third-order valence-electron chi connectivity index (χ3n) is 4.31. The summed E-state index contributed by atoms with van der Waals surface area (Å²) in [7, 11) is 1.89. The lowest BCUT2D eigenvalue weighted by atomic mass is 10.1. The van der Waals surface area contributed by atoms with E-state index in [4.69, 9.17) is 4.74 Å². The second kappa shape index (κ2) is 6.22. The number of benzene rings is 2. The highest BCUT2D eigenvalue weighted by atomic mass is 16.5. The smallest absolute Gasteiger partial charge is 0.257 e. The number of rotatable bonds is 4. The zero-order chi connectivity index (χ0) is 15.5. The fourth-order valence-corrected chi connectivity index (χ4v) is 3.19. The number of hydrogen-bond acceptors (Lipinski definition) is 2. The normalized spacial score (nSPS) is 16.2. The molecular weight excluding hydrogens is 274 g/mol. The van der Waals surface area contributed by atoms with Gasteiger partial charge in [0.05, 0.1) is 18.2 Å². The molecule has 2 aromatic carbocycles. The maximum atomic E-state index is 12.9. The standard InChI is InChI=1S/C19H21NO2/c1-3-22-18-11-7-6-10-16(18)19(21)20(2)17-13-12-14-8-4-5-9-15(14)17/h4-11,17H,3,12-13H2,1-2H3. The fourth-order valence-electron chi connectivity index (χ4n) is 3.19. The number of para-hydroxylation sites is 1. The highest BCUT2D eigenvalue weighted by Gasteiger charge is 2.29. The number of ether oxygens (including phenoxy) is 1.